The number of hydrogen-bond donors (Lipinski definition) is 1. The second kappa shape index (κ2) is 5.00. The lowest BCUT2D eigenvalue weighted by Crippen LogP contribution is -2.08. The number of ketones is 1. The van der Waals surface area contributed by atoms with Crippen LogP contribution in [-0.4, -0.2) is 20.8 Å². The maximum absolute atomic E-state index is 12.2. The van der Waals surface area contributed by atoms with Crippen molar-refractivity contribution in [2.24, 2.45) is 0 Å². The third kappa shape index (κ3) is 2.25. The van der Waals surface area contributed by atoms with Crippen molar-refractivity contribution in [3.63, 3.8) is 0 Å². The molecule has 5 heteroatoms. The first-order valence-corrected chi connectivity index (χ1v) is 5.93. The highest BCUT2D eigenvalue weighted by Crippen LogP contribution is 2.14. The van der Waals surface area contributed by atoms with Crippen LogP contribution >= 0.6 is 0 Å². The molecule has 0 saturated heterocycles. The van der Waals surface area contributed by atoms with E-state index in [-0.39, 0.29) is 11.5 Å². The van der Waals surface area contributed by atoms with Crippen molar-refractivity contribution < 1.29 is 4.79 Å². The summed E-state index contributed by atoms with van der Waals surface area (Å²) in [6.45, 7) is 4.66. The molecule has 18 heavy (non-hydrogen) atoms. The van der Waals surface area contributed by atoms with E-state index in [1.165, 1.54) is 0 Å². The fourth-order valence-electron chi connectivity index (χ4n) is 1.70. The Balaban J connectivity index is 2.31. The van der Waals surface area contributed by atoms with Crippen molar-refractivity contribution in [1.29, 1.82) is 0 Å². The van der Waals surface area contributed by atoms with Gasteiger partial charge >= 0.3 is 0 Å². The number of nitrogen functional groups attached to an aromatic ring is 1. The molecule has 0 atom stereocenters. The number of hydrogen-bond acceptors (Lipinski definition) is 4. The normalized spacial score (nSPS) is 10.6. The molecule has 0 fully saturated rings. The van der Waals surface area contributed by atoms with E-state index in [0.717, 1.165) is 12.0 Å². The first-order valence-electron chi connectivity index (χ1n) is 5.93. The van der Waals surface area contributed by atoms with E-state index in [4.69, 9.17) is 5.73 Å². The highest BCUT2D eigenvalue weighted by atomic mass is 16.1. The average molecular weight is 244 g/mol. The lowest BCUT2D eigenvalue weighted by Gasteiger charge is -2.01. The second-order valence-corrected chi connectivity index (χ2v) is 4.24. The molecule has 1 aromatic carbocycles. The van der Waals surface area contributed by atoms with Gasteiger partial charge in [0, 0.05) is 12.1 Å². The third-order valence-electron chi connectivity index (χ3n) is 2.74. The SMILES string of the molecule is CCCn1nnc(C(=O)c2ccc(C)cc2)c1N. The fraction of sp³-hybridized carbons (Fsp3) is 0.308. The highest BCUT2D eigenvalue weighted by Gasteiger charge is 2.18. The summed E-state index contributed by atoms with van der Waals surface area (Å²) >= 11 is 0. The minimum atomic E-state index is -0.185. The molecule has 2 N–H and O–H groups in total. The first kappa shape index (κ1) is 12.3. The van der Waals surface area contributed by atoms with E-state index >= 15 is 0 Å². The van der Waals surface area contributed by atoms with Crippen LogP contribution in [0.5, 0.6) is 0 Å². The Labute approximate surface area is 106 Å². The van der Waals surface area contributed by atoms with Gasteiger partial charge in [-0.05, 0) is 13.3 Å². The lowest BCUT2D eigenvalue weighted by atomic mass is 10.1. The van der Waals surface area contributed by atoms with Crippen molar-refractivity contribution in [1.82, 2.24) is 15.0 Å². The zero-order valence-electron chi connectivity index (χ0n) is 10.6. The number of aromatic nitrogens is 3. The van der Waals surface area contributed by atoms with E-state index in [1.54, 1.807) is 16.8 Å². The number of nitrogens with two attached hydrogens (primary N) is 1. The Morgan fingerprint density at radius 3 is 2.61 bits per heavy atom. The molecule has 5 nitrogen and oxygen atoms in total. The van der Waals surface area contributed by atoms with Crippen LogP contribution in [0.1, 0.15) is 35.0 Å². The van der Waals surface area contributed by atoms with Gasteiger partial charge in [0.2, 0.25) is 5.78 Å². The number of aryl methyl sites for hydroxylation is 2. The molecule has 0 radical (unpaired) electrons. The summed E-state index contributed by atoms with van der Waals surface area (Å²) in [6, 6.07) is 7.33. The summed E-state index contributed by atoms with van der Waals surface area (Å²) in [5, 5.41) is 7.76. The van der Waals surface area contributed by atoms with Crippen molar-refractivity contribution in [2.45, 2.75) is 26.8 Å². The Morgan fingerprint density at radius 2 is 2.00 bits per heavy atom. The van der Waals surface area contributed by atoms with Crippen molar-refractivity contribution in [3.05, 3.63) is 41.1 Å². The van der Waals surface area contributed by atoms with Crippen LogP contribution < -0.4 is 5.73 Å². The van der Waals surface area contributed by atoms with Crippen LogP contribution in [0.15, 0.2) is 24.3 Å². The van der Waals surface area contributed by atoms with Gasteiger partial charge < -0.3 is 5.73 Å². The molecule has 0 amide bonds. The van der Waals surface area contributed by atoms with Crippen LogP contribution in [0.4, 0.5) is 5.82 Å². The maximum Gasteiger partial charge on any atom is 0.217 e. The fourth-order valence-corrected chi connectivity index (χ4v) is 1.70. The zero-order valence-corrected chi connectivity index (χ0v) is 10.6. The molecular weight excluding hydrogens is 228 g/mol. The van der Waals surface area contributed by atoms with Crippen LogP contribution in [-0.2, 0) is 6.54 Å². The van der Waals surface area contributed by atoms with Gasteiger partial charge in [-0.2, -0.15) is 0 Å². The van der Waals surface area contributed by atoms with E-state index in [1.807, 2.05) is 26.0 Å². The Kier molecular flexibility index (Phi) is 3.41. The molecule has 0 unspecified atom stereocenters. The van der Waals surface area contributed by atoms with Gasteiger partial charge in [0.05, 0.1) is 0 Å². The summed E-state index contributed by atoms with van der Waals surface area (Å²) < 4.78 is 1.56. The van der Waals surface area contributed by atoms with Crippen molar-refractivity contribution in [3.8, 4) is 0 Å². The Morgan fingerprint density at radius 1 is 1.33 bits per heavy atom. The first-order chi connectivity index (χ1) is 8.63. The Hall–Kier alpha value is -2.17. The molecule has 0 bridgehead atoms. The van der Waals surface area contributed by atoms with Crippen LogP contribution in [0.25, 0.3) is 0 Å². The summed E-state index contributed by atoms with van der Waals surface area (Å²) in [5.74, 6) is 0.150. The van der Waals surface area contributed by atoms with Gasteiger partial charge in [-0.1, -0.05) is 42.0 Å². The number of nitrogens with zero attached hydrogens (tertiary/aromatic N) is 3. The van der Waals surface area contributed by atoms with Gasteiger partial charge in [0.15, 0.2) is 11.5 Å². The van der Waals surface area contributed by atoms with Crippen LogP contribution in [0.3, 0.4) is 0 Å². The number of carbonyl (C=O) groups excluding carboxylic acids is 1. The largest absolute Gasteiger partial charge is 0.382 e. The Bertz CT molecular complexity index is 557. The number of benzene rings is 1. The van der Waals surface area contributed by atoms with Gasteiger partial charge in [-0.25, -0.2) is 4.68 Å². The predicted molar refractivity (Wildman–Crippen MR) is 69.3 cm³/mol. The molecule has 1 heterocycles. The van der Waals surface area contributed by atoms with Gasteiger partial charge in [0.25, 0.3) is 0 Å². The average Bonchev–Trinajstić information content (AvgIpc) is 2.72. The molecule has 94 valence electrons. The minimum Gasteiger partial charge on any atom is -0.382 e. The lowest BCUT2D eigenvalue weighted by molar-refractivity contribution is 0.103. The molecule has 2 aromatic rings. The third-order valence-corrected chi connectivity index (χ3v) is 2.74. The topological polar surface area (TPSA) is 73.8 Å². The molecule has 0 aliphatic rings. The zero-order chi connectivity index (χ0) is 13.1. The molecule has 1 aromatic heterocycles. The molecule has 2 rings (SSSR count). The molecule has 0 spiro atoms. The summed E-state index contributed by atoms with van der Waals surface area (Å²) in [7, 11) is 0. The smallest absolute Gasteiger partial charge is 0.217 e. The highest BCUT2D eigenvalue weighted by molar-refractivity contribution is 6.10. The van der Waals surface area contributed by atoms with Gasteiger partial charge in [-0.15, -0.1) is 5.10 Å². The summed E-state index contributed by atoms with van der Waals surface area (Å²) in [6.07, 6.45) is 0.895. The summed E-state index contributed by atoms with van der Waals surface area (Å²) in [5.41, 5.74) is 7.79. The van der Waals surface area contributed by atoms with Crippen molar-refractivity contribution in [2.75, 3.05) is 5.73 Å². The van der Waals surface area contributed by atoms with E-state index < -0.39 is 0 Å². The van der Waals surface area contributed by atoms with Gasteiger partial charge in [0.1, 0.15) is 0 Å². The van der Waals surface area contributed by atoms with E-state index in [2.05, 4.69) is 10.3 Å². The van der Waals surface area contributed by atoms with E-state index in [9.17, 15) is 4.79 Å². The maximum atomic E-state index is 12.2. The predicted octanol–water partition coefficient (Wildman–Crippen LogP) is 1.81. The van der Waals surface area contributed by atoms with Crippen LogP contribution in [0.2, 0.25) is 0 Å². The molecule has 0 aliphatic heterocycles. The van der Waals surface area contributed by atoms with Crippen LogP contribution in [0, 0.1) is 6.92 Å². The quantitative estimate of drug-likeness (QED) is 0.832. The number of rotatable bonds is 4. The van der Waals surface area contributed by atoms with E-state index in [0.29, 0.717) is 17.9 Å². The minimum absolute atomic E-state index is 0.185. The second-order valence-electron chi connectivity index (χ2n) is 4.24. The van der Waals surface area contributed by atoms with Gasteiger partial charge in [-0.3, -0.25) is 4.79 Å². The molecule has 0 saturated carbocycles. The molecular formula is C13H16N4O. The summed E-state index contributed by atoms with van der Waals surface area (Å²) in [4.78, 5) is 12.2. The number of carbonyl (C=O) groups is 1. The van der Waals surface area contributed by atoms with Crippen molar-refractivity contribution >= 4 is 11.6 Å². The monoisotopic (exact) mass is 244 g/mol. The standard InChI is InChI=1S/C13H16N4O/c1-3-8-17-13(14)11(15-16-17)12(18)10-6-4-9(2)5-7-10/h4-7H,3,8,14H2,1-2H3. The number of anilines is 1. The molecule has 0 aliphatic carbocycles.